The van der Waals surface area contributed by atoms with E-state index in [1.54, 1.807) is 12.1 Å². The van der Waals surface area contributed by atoms with Gasteiger partial charge in [0.15, 0.2) is 0 Å². The van der Waals surface area contributed by atoms with Crippen molar-refractivity contribution in [2.75, 3.05) is 26.2 Å². The zero-order valence-corrected chi connectivity index (χ0v) is 20.0. The van der Waals surface area contributed by atoms with E-state index >= 15 is 0 Å². The van der Waals surface area contributed by atoms with E-state index in [4.69, 9.17) is 4.74 Å². The predicted octanol–water partition coefficient (Wildman–Crippen LogP) is 5.99. The van der Waals surface area contributed by atoms with Gasteiger partial charge in [-0.1, -0.05) is 67.9 Å². The molecule has 1 heterocycles. The minimum Gasteiger partial charge on any atom is -0.508 e. The van der Waals surface area contributed by atoms with Crippen molar-refractivity contribution in [3.05, 3.63) is 95.6 Å². The average molecular weight is 458 g/mol. The molecule has 4 heteroatoms. The summed E-state index contributed by atoms with van der Waals surface area (Å²) in [6.45, 7) is 5.27. The lowest BCUT2D eigenvalue weighted by atomic mass is 9.88. The molecule has 0 amide bonds. The van der Waals surface area contributed by atoms with Gasteiger partial charge in [-0.3, -0.25) is 0 Å². The molecular weight excluding hydrogens is 422 g/mol. The van der Waals surface area contributed by atoms with Crippen molar-refractivity contribution in [1.82, 2.24) is 4.90 Å². The Morgan fingerprint density at radius 3 is 2.06 bits per heavy atom. The van der Waals surface area contributed by atoms with Crippen molar-refractivity contribution >= 4 is 11.1 Å². The van der Waals surface area contributed by atoms with Crippen LogP contribution >= 0.6 is 0 Å². The van der Waals surface area contributed by atoms with E-state index in [1.807, 2.05) is 30.3 Å². The summed E-state index contributed by atoms with van der Waals surface area (Å²) in [5.41, 5.74) is 5.73. The average Bonchev–Trinajstić information content (AvgIpc) is 2.88. The Kier molecular flexibility index (Phi) is 8.40. The minimum absolute atomic E-state index is 0.257. The van der Waals surface area contributed by atoms with E-state index in [-0.39, 0.29) is 5.75 Å². The van der Waals surface area contributed by atoms with Crippen molar-refractivity contribution in [2.24, 2.45) is 0 Å². The van der Waals surface area contributed by atoms with Gasteiger partial charge >= 0.3 is 0 Å². The number of aliphatic hydroxyl groups excluding tert-OH is 1. The summed E-state index contributed by atoms with van der Waals surface area (Å²) in [6, 6.07) is 25.9. The summed E-state index contributed by atoms with van der Waals surface area (Å²) in [5.74, 6) is 1.01. The van der Waals surface area contributed by atoms with Gasteiger partial charge in [0.2, 0.25) is 0 Å². The number of phenols is 1. The van der Waals surface area contributed by atoms with Crippen LogP contribution in [0.4, 0.5) is 0 Å². The molecule has 3 aromatic carbocycles. The lowest BCUT2D eigenvalue weighted by molar-refractivity contribution is 0.0617. The van der Waals surface area contributed by atoms with Crippen molar-refractivity contribution in [3.63, 3.8) is 0 Å². The Balaban J connectivity index is 1.54. The number of ether oxygens (including phenoxy) is 1. The van der Waals surface area contributed by atoms with Crippen LogP contribution in [-0.2, 0) is 0 Å². The summed E-state index contributed by atoms with van der Waals surface area (Å²) in [6.07, 6.45) is 4.11. The van der Waals surface area contributed by atoms with Crippen LogP contribution in [0.5, 0.6) is 11.5 Å². The molecule has 1 aliphatic rings. The van der Waals surface area contributed by atoms with Gasteiger partial charge in [0.1, 0.15) is 24.2 Å². The summed E-state index contributed by atoms with van der Waals surface area (Å²) in [5, 5.41) is 20.2. The van der Waals surface area contributed by atoms with Gasteiger partial charge in [-0.25, -0.2) is 0 Å². The molecule has 0 saturated carbocycles. The van der Waals surface area contributed by atoms with Crippen LogP contribution in [0.1, 0.15) is 49.3 Å². The number of aliphatic hydroxyl groups is 1. The summed E-state index contributed by atoms with van der Waals surface area (Å²) >= 11 is 0. The molecule has 4 rings (SSSR count). The predicted molar refractivity (Wildman–Crippen MR) is 139 cm³/mol. The first-order chi connectivity index (χ1) is 16.6. The highest BCUT2D eigenvalue weighted by atomic mass is 16.5. The minimum atomic E-state index is -0.491. The fraction of sp³-hybridized carbons (Fsp3) is 0.333. The number of hydrogen-bond donors (Lipinski definition) is 2. The normalized spacial score (nSPS) is 16.1. The Morgan fingerprint density at radius 2 is 1.44 bits per heavy atom. The first-order valence-corrected chi connectivity index (χ1v) is 12.4. The van der Waals surface area contributed by atoms with Crippen LogP contribution in [0.3, 0.4) is 0 Å². The summed E-state index contributed by atoms with van der Waals surface area (Å²) in [4.78, 5) is 2.32. The second kappa shape index (κ2) is 11.9. The van der Waals surface area contributed by atoms with E-state index in [0.717, 1.165) is 42.0 Å². The number of likely N-dealkylation sites (tertiary alicyclic amines) is 1. The lowest BCUT2D eigenvalue weighted by Gasteiger charge is -2.28. The number of allylic oxidation sites excluding steroid dienone is 1. The third kappa shape index (κ3) is 6.28. The zero-order chi connectivity index (χ0) is 23.8. The van der Waals surface area contributed by atoms with E-state index < -0.39 is 6.10 Å². The van der Waals surface area contributed by atoms with Crippen LogP contribution in [0.25, 0.3) is 11.1 Å². The highest BCUT2D eigenvalue weighted by Gasteiger charge is 2.16. The second-order valence-corrected chi connectivity index (χ2v) is 8.97. The number of hydrogen-bond acceptors (Lipinski definition) is 4. The zero-order valence-electron chi connectivity index (χ0n) is 20.0. The fourth-order valence-corrected chi connectivity index (χ4v) is 4.71. The molecule has 2 N–H and O–H groups in total. The maximum Gasteiger partial charge on any atom is 0.119 e. The molecule has 0 radical (unpaired) electrons. The number of rotatable bonds is 9. The highest BCUT2D eigenvalue weighted by Crippen LogP contribution is 2.35. The van der Waals surface area contributed by atoms with E-state index in [2.05, 4.69) is 48.2 Å². The Bertz CT molecular complexity index is 1050. The monoisotopic (exact) mass is 457 g/mol. The third-order valence-electron chi connectivity index (χ3n) is 6.44. The Hall–Kier alpha value is -3.08. The van der Waals surface area contributed by atoms with Crippen LogP contribution in [-0.4, -0.2) is 47.5 Å². The third-order valence-corrected chi connectivity index (χ3v) is 6.44. The highest BCUT2D eigenvalue weighted by molar-refractivity contribution is 5.98. The molecule has 1 fully saturated rings. The van der Waals surface area contributed by atoms with Crippen LogP contribution in [0.2, 0.25) is 0 Å². The molecule has 3 aromatic rings. The van der Waals surface area contributed by atoms with Gasteiger partial charge < -0.3 is 19.8 Å². The number of benzene rings is 3. The summed E-state index contributed by atoms with van der Waals surface area (Å²) in [7, 11) is 0. The number of β-amino-alcohol motifs (C(OH)–C–C–N with tert-alkyl or cyclic N) is 1. The van der Waals surface area contributed by atoms with Gasteiger partial charge in [0, 0.05) is 6.54 Å². The number of aromatic hydroxyl groups is 1. The molecule has 1 aliphatic heterocycles. The first-order valence-electron chi connectivity index (χ1n) is 12.4. The molecule has 34 heavy (non-hydrogen) atoms. The molecule has 178 valence electrons. The lowest BCUT2D eigenvalue weighted by Crippen LogP contribution is -2.38. The Labute approximate surface area is 203 Å². The molecule has 1 atom stereocenters. The summed E-state index contributed by atoms with van der Waals surface area (Å²) < 4.78 is 5.91. The maximum absolute atomic E-state index is 10.4. The van der Waals surface area contributed by atoms with Crippen molar-refractivity contribution in [1.29, 1.82) is 0 Å². The fourth-order valence-electron chi connectivity index (χ4n) is 4.71. The number of phenolic OH excluding ortho intramolecular Hbond substituents is 1. The van der Waals surface area contributed by atoms with Gasteiger partial charge in [-0.2, -0.15) is 0 Å². The largest absolute Gasteiger partial charge is 0.508 e. The molecular formula is C30H35NO3. The molecule has 1 unspecified atom stereocenters. The van der Waals surface area contributed by atoms with E-state index in [0.29, 0.717) is 13.2 Å². The molecule has 0 bridgehead atoms. The molecule has 0 aromatic heterocycles. The number of piperidine rings is 1. The van der Waals surface area contributed by atoms with E-state index in [9.17, 15) is 10.2 Å². The molecule has 1 saturated heterocycles. The Morgan fingerprint density at radius 1 is 0.824 bits per heavy atom. The van der Waals surface area contributed by atoms with Crippen molar-refractivity contribution in [3.8, 4) is 11.5 Å². The van der Waals surface area contributed by atoms with Gasteiger partial charge in [0.05, 0.1) is 0 Å². The van der Waals surface area contributed by atoms with E-state index in [1.165, 1.54) is 30.4 Å². The quantitative estimate of drug-likeness (QED) is 0.388. The molecule has 0 spiro atoms. The van der Waals surface area contributed by atoms with Gasteiger partial charge in [-0.15, -0.1) is 0 Å². The SMILES string of the molecule is CC/C(=C(\c1ccc(O)cc1)c1ccc(OCC(O)CN2CCCCC2)cc1)c1ccccc1. The van der Waals surface area contributed by atoms with Crippen LogP contribution < -0.4 is 4.74 Å². The van der Waals surface area contributed by atoms with Gasteiger partial charge in [-0.05, 0) is 84.5 Å². The van der Waals surface area contributed by atoms with Gasteiger partial charge in [0.25, 0.3) is 0 Å². The van der Waals surface area contributed by atoms with Crippen molar-refractivity contribution in [2.45, 2.75) is 38.7 Å². The van der Waals surface area contributed by atoms with Crippen LogP contribution in [0, 0.1) is 0 Å². The second-order valence-electron chi connectivity index (χ2n) is 8.97. The first kappa shape index (κ1) is 24.1. The molecule has 0 aliphatic carbocycles. The standard InChI is InChI=1S/C30H35NO3/c1-2-29(23-9-5-3-6-10-23)30(24-11-15-26(32)16-12-24)25-13-17-28(18-14-25)34-22-27(33)21-31-19-7-4-8-20-31/h3,5-6,9-18,27,32-33H,2,4,7-8,19-22H2,1H3/b30-29-. The van der Waals surface area contributed by atoms with Crippen LogP contribution in [0.15, 0.2) is 78.9 Å². The number of nitrogens with zero attached hydrogens (tertiary/aromatic N) is 1. The maximum atomic E-state index is 10.4. The van der Waals surface area contributed by atoms with Crippen molar-refractivity contribution < 1.29 is 14.9 Å². The smallest absolute Gasteiger partial charge is 0.119 e. The molecule has 4 nitrogen and oxygen atoms in total. The topological polar surface area (TPSA) is 52.9 Å².